The highest BCUT2D eigenvalue weighted by Gasteiger charge is 2.20. The van der Waals surface area contributed by atoms with Crippen LogP contribution in [0.3, 0.4) is 0 Å². The fraction of sp³-hybridized carbons (Fsp3) is 0.462. The normalized spacial score (nSPS) is 10.6. The molecule has 0 aliphatic heterocycles. The molecule has 0 aliphatic carbocycles. The fourth-order valence-electron chi connectivity index (χ4n) is 2.81. The van der Waals surface area contributed by atoms with E-state index >= 15 is 0 Å². The third kappa shape index (κ3) is 10.6. The quantitative estimate of drug-likeness (QED) is 0.331. The maximum absolute atomic E-state index is 13.1. The molecule has 0 radical (unpaired) electrons. The number of benzene rings is 1. The van der Waals surface area contributed by atoms with Crippen molar-refractivity contribution in [3.05, 3.63) is 41.8 Å². The van der Waals surface area contributed by atoms with Crippen molar-refractivity contribution in [2.45, 2.75) is 52.6 Å². The minimum absolute atomic E-state index is 0.0807. The van der Waals surface area contributed by atoms with Gasteiger partial charge in [0.2, 0.25) is 11.9 Å². The average Bonchev–Trinajstić information content (AvgIpc) is 2.81. The molecule has 36 heavy (non-hydrogen) atoms. The minimum Gasteiger partial charge on any atom is -0.444 e. The summed E-state index contributed by atoms with van der Waals surface area (Å²) in [6.45, 7) is 8.45. The molecule has 194 valence electrons. The van der Waals surface area contributed by atoms with E-state index in [2.05, 4.69) is 44.7 Å². The zero-order valence-corrected chi connectivity index (χ0v) is 21.6. The van der Waals surface area contributed by atoms with E-state index in [0.717, 1.165) is 13.0 Å². The Kier molecular flexibility index (Phi) is 10.9. The summed E-state index contributed by atoms with van der Waals surface area (Å²) < 4.78 is 18.4. The Morgan fingerprint density at radius 2 is 1.89 bits per heavy atom. The second-order valence-electron chi connectivity index (χ2n) is 9.11. The number of likely N-dealkylation sites (N-methyl/N-ethyl adjacent to an activating group) is 1. The van der Waals surface area contributed by atoms with Gasteiger partial charge in [-0.25, -0.2) is 14.2 Å². The number of anilines is 3. The fourth-order valence-corrected chi connectivity index (χ4v) is 2.81. The van der Waals surface area contributed by atoms with E-state index in [1.165, 1.54) is 24.1 Å². The molecule has 2 amide bonds. The zero-order valence-electron chi connectivity index (χ0n) is 21.6. The van der Waals surface area contributed by atoms with E-state index in [1.807, 2.05) is 0 Å². The molecule has 0 fully saturated rings. The van der Waals surface area contributed by atoms with Gasteiger partial charge < -0.3 is 25.6 Å². The Morgan fingerprint density at radius 1 is 1.17 bits per heavy atom. The predicted octanol–water partition coefficient (Wildman–Crippen LogP) is 4.30. The summed E-state index contributed by atoms with van der Waals surface area (Å²) in [6.07, 6.45) is 3.22. The Balaban J connectivity index is 1.85. The van der Waals surface area contributed by atoms with Crippen LogP contribution in [0.4, 0.5) is 26.6 Å². The van der Waals surface area contributed by atoms with Crippen molar-refractivity contribution in [3.8, 4) is 11.8 Å². The summed E-state index contributed by atoms with van der Waals surface area (Å²) in [5.74, 6) is 6.58. The molecule has 1 heterocycles. The average molecular weight is 499 g/mol. The number of nitrogens with one attached hydrogen (secondary N) is 3. The third-order valence-electron chi connectivity index (χ3n) is 4.54. The molecule has 9 nitrogen and oxygen atoms in total. The molecule has 10 heteroatoms. The summed E-state index contributed by atoms with van der Waals surface area (Å²) in [5, 5.41) is 9.08. The van der Waals surface area contributed by atoms with Gasteiger partial charge >= 0.3 is 6.09 Å². The molecule has 0 saturated heterocycles. The number of unbranched alkanes of at least 4 members (excludes halogenated alkanes) is 1. The maximum atomic E-state index is 13.1. The van der Waals surface area contributed by atoms with Crippen molar-refractivity contribution in [2.24, 2.45) is 0 Å². The van der Waals surface area contributed by atoms with Crippen LogP contribution in [0.15, 0.2) is 30.5 Å². The lowest BCUT2D eigenvalue weighted by Crippen LogP contribution is -2.41. The van der Waals surface area contributed by atoms with E-state index < -0.39 is 11.7 Å². The standard InChI is InChI=1S/C26H35FN6O3/c1-6-15-29-23-19(17-30-24(32-23)31-21-13-11-20(27)12-14-21)10-8-7-9-16-28-22(34)18-33(5)25(35)36-26(2,3)4/h11-14,17H,6-7,9,15-16,18H2,1-5H3,(H,28,34)(H2,29,30,31,32). The Hall–Kier alpha value is -3.87. The number of hydrogen-bond donors (Lipinski definition) is 3. The van der Waals surface area contributed by atoms with Crippen molar-refractivity contribution in [1.29, 1.82) is 0 Å². The maximum Gasteiger partial charge on any atom is 0.410 e. The number of ether oxygens (including phenoxy) is 1. The molecule has 3 N–H and O–H groups in total. The van der Waals surface area contributed by atoms with Crippen LogP contribution in [0.1, 0.15) is 52.5 Å². The summed E-state index contributed by atoms with van der Waals surface area (Å²) in [7, 11) is 1.52. The Morgan fingerprint density at radius 3 is 2.56 bits per heavy atom. The van der Waals surface area contributed by atoms with Gasteiger partial charge in [-0.2, -0.15) is 4.98 Å². The number of carbonyl (C=O) groups is 2. The van der Waals surface area contributed by atoms with Crippen molar-refractivity contribution in [1.82, 2.24) is 20.2 Å². The molecule has 1 aromatic heterocycles. The highest BCUT2D eigenvalue weighted by Crippen LogP contribution is 2.17. The van der Waals surface area contributed by atoms with Gasteiger partial charge in [0, 0.05) is 32.2 Å². The van der Waals surface area contributed by atoms with E-state index in [1.54, 1.807) is 39.1 Å². The van der Waals surface area contributed by atoms with E-state index in [-0.39, 0.29) is 18.3 Å². The smallest absolute Gasteiger partial charge is 0.410 e. The number of aromatic nitrogens is 2. The summed E-state index contributed by atoms with van der Waals surface area (Å²) >= 11 is 0. The van der Waals surface area contributed by atoms with Crippen LogP contribution >= 0.6 is 0 Å². The molecule has 2 aromatic rings. The van der Waals surface area contributed by atoms with Crippen LogP contribution in [-0.4, -0.2) is 59.2 Å². The first-order valence-electron chi connectivity index (χ1n) is 11.9. The molecule has 0 spiro atoms. The number of rotatable bonds is 10. The molecule has 0 saturated carbocycles. The first kappa shape index (κ1) is 28.4. The summed E-state index contributed by atoms with van der Waals surface area (Å²) in [6, 6.07) is 5.94. The van der Waals surface area contributed by atoms with Crippen molar-refractivity contribution < 1.29 is 18.7 Å². The number of nitrogens with zero attached hydrogens (tertiary/aromatic N) is 3. The molecular formula is C26H35FN6O3. The van der Waals surface area contributed by atoms with Gasteiger partial charge in [0.05, 0.1) is 11.8 Å². The van der Waals surface area contributed by atoms with Gasteiger partial charge in [0.15, 0.2) is 0 Å². The molecule has 0 bridgehead atoms. The molecule has 0 atom stereocenters. The molecule has 2 rings (SSSR count). The highest BCUT2D eigenvalue weighted by atomic mass is 19.1. The van der Waals surface area contributed by atoms with Crippen molar-refractivity contribution >= 4 is 29.5 Å². The largest absolute Gasteiger partial charge is 0.444 e. The number of hydrogen-bond acceptors (Lipinski definition) is 7. The Labute approximate surface area is 212 Å². The number of halogens is 1. The van der Waals surface area contributed by atoms with Crippen LogP contribution in [-0.2, 0) is 9.53 Å². The molecule has 0 aliphatic rings. The van der Waals surface area contributed by atoms with Crippen LogP contribution in [0, 0.1) is 17.7 Å². The van der Waals surface area contributed by atoms with Crippen molar-refractivity contribution in [3.63, 3.8) is 0 Å². The van der Waals surface area contributed by atoms with E-state index in [4.69, 9.17) is 4.74 Å². The van der Waals surface area contributed by atoms with Gasteiger partial charge in [-0.3, -0.25) is 4.79 Å². The summed E-state index contributed by atoms with van der Waals surface area (Å²) in [5.41, 5.74) is 0.726. The molecule has 0 unspecified atom stereocenters. The number of carbonyl (C=O) groups excluding carboxylic acids is 2. The Bertz CT molecular complexity index is 1070. The van der Waals surface area contributed by atoms with Gasteiger partial charge in [-0.15, -0.1) is 0 Å². The van der Waals surface area contributed by atoms with Crippen molar-refractivity contribution in [2.75, 3.05) is 37.3 Å². The van der Waals surface area contributed by atoms with E-state index in [0.29, 0.717) is 42.4 Å². The van der Waals surface area contributed by atoms with Gasteiger partial charge in [0.25, 0.3) is 0 Å². The first-order chi connectivity index (χ1) is 17.1. The third-order valence-corrected chi connectivity index (χ3v) is 4.54. The topological polar surface area (TPSA) is 108 Å². The van der Waals surface area contributed by atoms with Gasteiger partial charge in [-0.1, -0.05) is 18.8 Å². The van der Waals surface area contributed by atoms with Crippen LogP contribution in [0.25, 0.3) is 0 Å². The minimum atomic E-state index is -0.614. The highest BCUT2D eigenvalue weighted by molar-refractivity contribution is 5.82. The molecule has 1 aromatic carbocycles. The lowest BCUT2D eigenvalue weighted by atomic mass is 10.2. The monoisotopic (exact) mass is 498 g/mol. The molecular weight excluding hydrogens is 463 g/mol. The van der Waals surface area contributed by atoms with Gasteiger partial charge in [0.1, 0.15) is 23.8 Å². The van der Waals surface area contributed by atoms with Crippen LogP contribution in [0.2, 0.25) is 0 Å². The van der Waals surface area contributed by atoms with Crippen LogP contribution < -0.4 is 16.0 Å². The number of amides is 2. The summed E-state index contributed by atoms with van der Waals surface area (Å²) in [4.78, 5) is 34.0. The lowest BCUT2D eigenvalue weighted by Gasteiger charge is -2.24. The first-order valence-corrected chi connectivity index (χ1v) is 11.9. The van der Waals surface area contributed by atoms with Gasteiger partial charge in [-0.05, 0) is 57.9 Å². The van der Waals surface area contributed by atoms with Crippen LogP contribution in [0.5, 0.6) is 0 Å². The predicted molar refractivity (Wildman–Crippen MR) is 138 cm³/mol. The lowest BCUT2D eigenvalue weighted by molar-refractivity contribution is -0.122. The SMILES string of the molecule is CCCNc1nc(Nc2ccc(F)cc2)ncc1C#CCCCNC(=O)CN(C)C(=O)OC(C)(C)C. The second-order valence-corrected chi connectivity index (χ2v) is 9.11. The second kappa shape index (κ2) is 13.9. The van der Waals surface area contributed by atoms with E-state index in [9.17, 15) is 14.0 Å². The zero-order chi connectivity index (χ0) is 26.6.